The van der Waals surface area contributed by atoms with Crippen LogP contribution in [-0.2, 0) is 22.7 Å². The standard InChI is InChI=1S/C12H13NO4S/c14-7-8-1-2-10-9(5-8)6-13(3-4-18-10)11(15)12(16)17/h1-2,5,14H,3-4,6-7H2,(H,16,17). The van der Waals surface area contributed by atoms with E-state index in [4.69, 9.17) is 10.2 Å². The smallest absolute Gasteiger partial charge is 0.394 e. The Bertz CT molecular complexity index is 489. The first-order valence-electron chi connectivity index (χ1n) is 5.49. The number of nitrogens with zero attached hydrogens (tertiary/aromatic N) is 1. The SMILES string of the molecule is O=C(O)C(=O)N1CCSc2ccc(CO)cc2C1. The third-order valence-corrected chi connectivity index (χ3v) is 3.85. The molecule has 0 saturated carbocycles. The highest BCUT2D eigenvalue weighted by molar-refractivity contribution is 7.99. The molecule has 1 aliphatic rings. The van der Waals surface area contributed by atoms with E-state index in [2.05, 4.69) is 0 Å². The van der Waals surface area contributed by atoms with Gasteiger partial charge in [-0.1, -0.05) is 12.1 Å². The number of amides is 1. The lowest BCUT2D eigenvalue weighted by molar-refractivity contribution is -0.156. The highest BCUT2D eigenvalue weighted by Gasteiger charge is 2.24. The van der Waals surface area contributed by atoms with Crippen LogP contribution in [0.1, 0.15) is 11.1 Å². The van der Waals surface area contributed by atoms with Crippen LogP contribution in [0.4, 0.5) is 0 Å². The van der Waals surface area contributed by atoms with Crippen LogP contribution in [0, 0.1) is 0 Å². The highest BCUT2D eigenvalue weighted by atomic mass is 32.2. The van der Waals surface area contributed by atoms with Gasteiger partial charge in [-0.05, 0) is 17.2 Å². The molecule has 1 heterocycles. The molecule has 2 N–H and O–H groups in total. The second-order valence-corrected chi connectivity index (χ2v) is 5.12. The van der Waals surface area contributed by atoms with E-state index in [1.807, 2.05) is 18.2 Å². The topological polar surface area (TPSA) is 77.8 Å². The van der Waals surface area contributed by atoms with Crippen LogP contribution in [0.25, 0.3) is 0 Å². The van der Waals surface area contributed by atoms with E-state index in [-0.39, 0.29) is 13.2 Å². The van der Waals surface area contributed by atoms with Gasteiger partial charge in [-0.15, -0.1) is 11.8 Å². The number of aliphatic hydroxyl groups excluding tert-OH is 1. The maximum Gasteiger partial charge on any atom is 0.394 e. The molecule has 0 atom stereocenters. The number of carbonyl (C=O) groups excluding carboxylic acids is 1. The van der Waals surface area contributed by atoms with Crippen molar-refractivity contribution in [2.75, 3.05) is 12.3 Å². The minimum atomic E-state index is -1.43. The zero-order valence-electron chi connectivity index (χ0n) is 9.63. The molecule has 0 bridgehead atoms. The molecule has 18 heavy (non-hydrogen) atoms. The lowest BCUT2D eigenvalue weighted by atomic mass is 10.1. The van der Waals surface area contributed by atoms with Crippen LogP contribution in [-0.4, -0.2) is 39.3 Å². The van der Waals surface area contributed by atoms with Crippen molar-refractivity contribution in [2.24, 2.45) is 0 Å². The lowest BCUT2D eigenvalue weighted by Crippen LogP contribution is -2.36. The van der Waals surface area contributed by atoms with E-state index < -0.39 is 11.9 Å². The van der Waals surface area contributed by atoms with Crippen molar-refractivity contribution in [3.8, 4) is 0 Å². The van der Waals surface area contributed by atoms with Crippen molar-refractivity contribution in [3.05, 3.63) is 29.3 Å². The Hall–Kier alpha value is -1.53. The van der Waals surface area contributed by atoms with Gasteiger partial charge in [-0.25, -0.2) is 4.79 Å². The molecule has 6 heteroatoms. The summed E-state index contributed by atoms with van der Waals surface area (Å²) >= 11 is 1.59. The summed E-state index contributed by atoms with van der Waals surface area (Å²) in [6.45, 7) is 0.630. The van der Waals surface area contributed by atoms with E-state index >= 15 is 0 Å². The van der Waals surface area contributed by atoms with Crippen LogP contribution in [0.3, 0.4) is 0 Å². The Labute approximate surface area is 108 Å². The largest absolute Gasteiger partial charge is 0.474 e. The summed E-state index contributed by atoms with van der Waals surface area (Å²) in [4.78, 5) is 24.5. The summed E-state index contributed by atoms with van der Waals surface area (Å²) in [7, 11) is 0. The average Bonchev–Trinajstić information content (AvgIpc) is 2.58. The van der Waals surface area contributed by atoms with Gasteiger partial charge < -0.3 is 15.1 Å². The number of carbonyl (C=O) groups is 2. The van der Waals surface area contributed by atoms with E-state index in [1.165, 1.54) is 4.90 Å². The molecule has 96 valence electrons. The highest BCUT2D eigenvalue weighted by Crippen LogP contribution is 2.28. The molecular formula is C12H13NO4S. The minimum absolute atomic E-state index is 0.0647. The number of hydrogen-bond donors (Lipinski definition) is 2. The van der Waals surface area contributed by atoms with Gasteiger partial charge >= 0.3 is 11.9 Å². The van der Waals surface area contributed by atoms with Gasteiger partial charge in [0.1, 0.15) is 0 Å². The number of aliphatic hydroxyl groups is 1. The molecule has 0 radical (unpaired) electrons. The Kier molecular flexibility index (Phi) is 3.88. The predicted molar refractivity (Wildman–Crippen MR) is 66.1 cm³/mol. The molecule has 0 spiro atoms. The first kappa shape index (κ1) is 12.9. The number of fused-ring (bicyclic) bond motifs is 1. The van der Waals surface area contributed by atoms with Gasteiger partial charge in [0, 0.05) is 23.7 Å². The number of benzene rings is 1. The molecule has 1 amide bonds. The van der Waals surface area contributed by atoms with Gasteiger partial charge in [0.05, 0.1) is 6.61 Å². The maximum absolute atomic E-state index is 11.5. The number of hydrogen-bond acceptors (Lipinski definition) is 4. The molecule has 0 unspecified atom stereocenters. The zero-order chi connectivity index (χ0) is 13.1. The lowest BCUT2D eigenvalue weighted by Gasteiger charge is -2.18. The molecule has 0 saturated heterocycles. The molecule has 5 nitrogen and oxygen atoms in total. The van der Waals surface area contributed by atoms with Gasteiger partial charge in [-0.2, -0.15) is 0 Å². The number of carboxylic acid groups (broad SMARTS) is 1. The van der Waals surface area contributed by atoms with Gasteiger partial charge in [-0.3, -0.25) is 4.79 Å². The fraction of sp³-hybridized carbons (Fsp3) is 0.333. The fourth-order valence-electron chi connectivity index (χ4n) is 1.85. The average molecular weight is 267 g/mol. The van der Waals surface area contributed by atoms with Crippen molar-refractivity contribution in [3.63, 3.8) is 0 Å². The summed E-state index contributed by atoms with van der Waals surface area (Å²) in [5.41, 5.74) is 1.65. The first-order valence-corrected chi connectivity index (χ1v) is 6.48. The van der Waals surface area contributed by atoms with Gasteiger partial charge in [0.25, 0.3) is 0 Å². The minimum Gasteiger partial charge on any atom is -0.474 e. The first-order chi connectivity index (χ1) is 8.61. The van der Waals surface area contributed by atoms with Crippen LogP contribution < -0.4 is 0 Å². The van der Waals surface area contributed by atoms with Crippen LogP contribution in [0.15, 0.2) is 23.1 Å². The van der Waals surface area contributed by atoms with Crippen molar-refractivity contribution in [1.29, 1.82) is 0 Å². The Morgan fingerprint density at radius 2 is 2.17 bits per heavy atom. The number of thioether (sulfide) groups is 1. The quantitative estimate of drug-likeness (QED) is 0.732. The van der Waals surface area contributed by atoms with Crippen molar-refractivity contribution >= 4 is 23.6 Å². The molecule has 1 aromatic carbocycles. The second kappa shape index (κ2) is 5.41. The molecule has 1 aliphatic heterocycles. The molecule has 1 aromatic rings. The fourth-order valence-corrected chi connectivity index (χ4v) is 2.86. The monoisotopic (exact) mass is 267 g/mol. The van der Waals surface area contributed by atoms with E-state index in [0.29, 0.717) is 12.3 Å². The number of rotatable bonds is 1. The Morgan fingerprint density at radius 1 is 1.39 bits per heavy atom. The van der Waals surface area contributed by atoms with Gasteiger partial charge in [0.2, 0.25) is 0 Å². The third kappa shape index (κ3) is 2.65. The van der Waals surface area contributed by atoms with E-state index in [1.54, 1.807) is 11.8 Å². The van der Waals surface area contributed by atoms with Crippen molar-refractivity contribution in [1.82, 2.24) is 4.90 Å². The number of carboxylic acids is 1. The summed E-state index contributed by atoms with van der Waals surface area (Å²) < 4.78 is 0. The van der Waals surface area contributed by atoms with Crippen LogP contribution in [0.2, 0.25) is 0 Å². The number of aliphatic carboxylic acids is 1. The Morgan fingerprint density at radius 3 is 2.83 bits per heavy atom. The predicted octanol–water partition coefficient (Wildman–Crippen LogP) is 0.698. The van der Waals surface area contributed by atoms with Gasteiger partial charge in [0.15, 0.2) is 0 Å². The Balaban J connectivity index is 2.27. The van der Waals surface area contributed by atoms with Crippen LogP contribution in [0.5, 0.6) is 0 Å². The molecule has 2 rings (SSSR count). The summed E-state index contributed by atoms with van der Waals surface area (Å²) in [6, 6.07) is 5.55. The molecular weight excluding hydrogens is 254 g/mol. The molecule has 0 fully saturated rings. The van der Waals surface area contributed by atoms with Crippen molar-refractivity contribution in [2.45, 2.75) is 18.0 Å². The maximum atomic E-state index is 11.5. The van der Waals surface area contributed by atoms with E-state index in [0.717, 1.165) is 16.0 Å². The zero-order valence-corrected chi connectivity index (χ0v) is 10.4. The normalized spacial score (nSPS) is 14.8. The molecule has 0 aromatic heterocycles. The third-order valence-electron chi connectivity index (χ3n) is 2.76. The second-order valence-electron chi connectivity index (χ2n) is 3.98. The van der Waals surface area contributed by atoms with E-state index in [9.17, 15) is 9.59 Å². The summed E-state index contributed by atoms with van der Waals surface area (Å²) in [5.74, 6) is -1.63. The summed E-state index contributed by atoms with van der Waals surface area (Å²) in [6.07, 6.45) is 0. The van der Waals surface area contributed by atoms with Crippen molar-refractivity contribution < 1.29 is 19.8 Å². The molecule has 0 aliphatic carbocycles. The summed E-state index contributed by atoms with van der Waals surface area (Å²) in [5, 5.41) is 17.8. The van der Waals surface area contributed by atoms with Crippen LogP contribution >= 0.6 is 11.8 Å².